The average Bonchev–Trinajstić information content (AvgIpc) is 2.78. The van der Waals surface area contributed by atoms with E-state index in [1.54, 1.807) is 18.2 Å². The summed E-state index contributed by atoms with van der Waals surface area (Å²) in [6.07, 6.45) is -2.67. The first-order chi connectivity index (χ1) is 16.0. The SMILES string of the molecule is NC1Cc2ccc(O)c(c2)Oc2cccc(c2)CC(C(=O)O)NC(=O)C(C(O)C(=O)O)NC1=O. The number of aliphatic hydroxyl groups excluding tert-OH is 1. The molecule has 1 aliphatic heterocycles. The Kier molecular flexibility index (Phi) is 7.34. The summed E-state index contributed by atoms with van der Waals surface area (Å²) >= 11 is 0. The van der Waals surface area contributed by atoms with E-state index in [0.29, 0.717) is 11.1 Å². The van der Waals surface area contributed by atoms with Crippen molar-refractivity contribution in [2.45, 2.75) is 37.1 Å². The van der Waals surface area contributed by atoms with Gasteiger partial charge in [-0.2, -0.15) is 0 Å². The highest BCUT2D eigenvalue weighted by atomic mass is 16.5. The zero-order chi connectivity index (χ0) is 25.0. The Labute approximate surface area is 193 Å². The lowest BCUT2D eigenvalue weighted by molar-refractivity contribution is -0.152. The highest BCUT2D eigenvalue weighted by Crippen LogP contribution is 2.32. The Morgan fingerprint density at radius 1 is 1.00 bits per heavy atom. The standard InChI is InChI=1S/C22H23N3O9/c23-13-7-11-4-5-15(26)16(9-11)34-12-3-1-2-10(6-12)8-14(21(30)31)24-20(29)17(25-19(13)28)18(27)22(32)33/h1-6,9,13-14,17-18,26-27H,7-8,23H2,(H,24,29)(H,25,28)(H,30,31)(H,32,33). The fourth-order valence-corrected chi connectivity index (χ4v) is 3.36. The number of benzene rings is 2. The minimum absolute atomic E-state index is 0.0663. The van der Waals surface area contributed by atoms with Gasteiger partial charge in [0.05, 0.1) is 6.04 Å². The molecule has 0 saturated heterocycles. The number of fused-ring (bicyclic) bond motifs is 4. The summed E-state index contributed by atoms with van der Waals surface area (Å²) in [5.41, 5.74) is 6.83. The fraction of sp³-hybridized carbons (Fsp3) is 0.273. The smallest absolute Gasteiger partial charge is 0.335 e. The summed E-state index contributed by atoms with van der Waals surface area (Å²) in [4.78, 5) is 48.4. The third-order valence-electron chi connectivity index (χ3n) is 5.15. The quantitative estimate of drug-likeness (QED) is 0.292. The van der Waals surface area contributed by atoms with Gasteiger partial charge >= 0.3 is 11.9 Å². The largest absolute Gasteiger partial charge is 0.504 e. The van der Waals surface area contributed by atoms with Gasteiger partial charge in [-0.1, -0.05) is 18.2 Å². The maximum absolute atomic E-state index is 12.7. The number of nitrogens with one attached hydrogen (secondary N) is 2. The molecule has 180 valence electrons. The molecule has 4 unspecified atom stereocenters. The Hall–Kier alpha value is -4.16. The predicted molar refractivity (Wildman–Crippen MR) is 115 cm³/mol. The monoisotopic (exact) mass is 473 g/mol. The molecular formula is C22H23N3O9. The molecule has 2 aromatic carbocycles. The number of hydrogen-bond donors (Lipinski definition) is 7. The van der Waals surface area contributed by atoms with E-state index in [4.69, 9.17) is 15.6 Å². The van der Waals surface area contributed by atoms with Crippen molar-refractivity contribution in [3.63, 3.8) is 0 Å². The van der Waals surface area contributed by atoms with Crippen LogP contribution in [0, 0.1) is 0 Å². The predicted octanol–water partition coefficient (Wildman–Crippen LogP) is -0.890. The van der Waals surface area contributed by atoms with Crippen LogP contribution < -0.4 is 21.1 Å². The molecule has 4 atom stereocenters. The topological polar surface area (TPSA) is 209 Å². The van der Waals surface area contributed by atoms with Crippen LogP contribution in [0.15, 0.2) is 42.5 Å². The van der Waals surface area contributed by atoms with Crippen LogP contribution in [0.25, 0.3) is 0 Å². The third-order valence-corrected chi connectivity index (χ3v) is 5.15. The number of rotatable bonds is 3. The van der Waals surface area contributed by atoms with E-state index >= 15 is 0 Å². The number of amides is 2. The molecule has 0 spiro atoms. The molecule has 3 rings (SSSR count). The summed E-state index contributed by atoms with van der Waals surface area (Å²) < 4.78 is 5.72. The molecule has 12 nitrogen and oxygen atoms in total. The molecule has 2 amide bonds. The normalized spacial score (nSPS) is 22.0. The minimum Gasteiger partial charge on any atom is -0.504 e. The van der Waals surface area contributed by atoms with Gasteiger partial charge in [0.15, 0.2) is 17.6 Å². The van der Waals surface area contributed by atoms with Gasteiger partial charge in [-0.25, -0.2) is 9.59 Å². The van der Waals surface area contributed by atoms with E-state index in [1.807, 2.05) is 0 Å². The van der Waals surface area contributed by atoms with Crippen molar-refractivity contribution < 1.29 is 44.3 Å². The van der Waals surface area contributed by atoms with Crippen LogP contribution >= 0.6 is 0 Å². The number of aliphatic hydroxyl groups is 1. The van der Waals surface area contributed by atoms with Crippen LogP contribution in [0.1, 0.15) is 11.1 Å². The van der Waals surface area contributed by atoms with Crippen molar-refractivity contribution in [1.29, 1.82) is 0 Å². The average molecular weight is 473 g/mol. The number of carboxylic acids is 2. The molecular weight excluding hydrogens is 450 g/mol. The van der Waals surface area contributed by atoms with Gasteiger partial charge in [0.25, 0.3) is 0 Å². The first-order valence-electron chi connectivity index (χ1n) is 10.1. The number of aromatic hydroxyl groups is 1. The first-order valence-corrected chi connectivity index (χ1v) is 10.1. The summed E-state index contributed by atoms with van der Waals surface area (Å²) in [5, 5.41) is 43.1. The number of phenols is 1. The molecule has 1 aliphatic rings. The number of phenolic OH excluding ortho intramolecular Hbond substituents is 1. The fourth-order valence-electron chi connectivity index (χ4n) is 3.36. The molecule has 0 aliphatic carbocycles. The summed E-state index contributed by atoms with van der Waals surface area (Å²) in [6.45, 7) is 0. The molecule has 4 bridgehead atoms. The van der Waals surface area contributed by atoms with Crippen LogP contribution in [-0.2, 0) is 32.0 Å². The molecule has 8 N–H and O–H groups in total. The Morgan fingerprint density at radius 3 is 2.38 bits per heavy atom. The van der Waals surface area contributed by atoms with Gasteiger partial charge in [0.1, 0.15) is 17.8 Å². The Balaban J connectivity index is 2.05. The molecule has 12 heteroatoms. The maximum Gasteiger partial charge on any atom is 0.335 e. The zero-order valence-corrected chi connectivity index (χ0v) is 17.7. The number of carbonyl (C=O) groups excluding carboxylic acids is 2. The van der Waals surface area contributed by atoms with Crippen LogP contribution in [-0.4, -0.2) is 68.4 Å². The highest BCUT2D eigenvalue weighted by molar-refractivity contribution is 5.95. The number of ether oxygens (including phenoxy) is 1. The van der Waals surface area contributed by atoms with Crippen molar-refractivity contribution in [2.75, 3.05) is 0 Å². The van der Waals surface area contributed by atoms with E-state index in [-0.39, 0.29) is 30.1 Å². The Bertz CT molecular complexity index is 1120. The van der Waals surface area contributed by atoms with Gasteiger partial charge in [-0.3, -0.25) is 9.59 Å². The van der Waals surface area contributed by atoms with Crippen LogP contribution in [0.2, 0.25) is 0 Å². The van der Waals surface area contributed by atoms with Crippen LogP contribution in [0.4, 0.5) is 0 Å². The Morgan fingerprint density at radius 2 is 1.71 bits per heavy atom. The lowest BCUT2D eigenvalue weighted by atomic mass is 10.0. The second-order valence-corrected chi connectivity index (χ2v) is 7.74. The van der Waals surface area contributed by atoms with Crippen molar-refractivity contribution in [1.82, 2.24) is 10.6 Å². The van der Waals surface area contributed by atoms with Gasteiger partial charge in [-0.15, -0.1) is 0 Å². The number of hydrogen-bond acceptors (Lipinski definition) is 8. The second-order valence-electron chi connectivity index (χ2n) is 7.74. The lowest BCUT2D eigenvalue weighted by Crippen LogP contribution is -2.60. The van der Waals surface area contributed by atoms with Gasteiger partial charge in [0, 0.05) is 6.42 Å². The van der Waals surface area contributed by atoms with Crippen molar-refractivity contribution in [3.05, 3.63) is 53.6 Å². The number of nitrogens with two attached hydrogens (primary N) is 1. The summed E-state index contributed by atoms with van der Waals surface area (Å²) in [7, 11) is 0. The van der Waals surface area contributed by atoms with Crippen LogP contribution in [0.3, 0.4) is 0 Å². The van der Waals surface area contributed by atoms with E-state index in [0.717, 1.165) is 0 Å². The van der Waals surface area contributed by atoms with Crippen molar-refractivity contribution >= 4 is 23.8 Å². The van der Waals surface area contributed by atoms with E-state index < -0.39 is 48.0 Å². The van der Waals surface area contributed by atoms with E-state index in [9.17, 15) is 34.5 Å². The molecule has 0 radical (unpaired) electrons. The maximum atomic E-state index is 12.7. The molecule has 1 heterocycles. The second kappa shape index (κ2) is 10.2. The van der Waals surface area contributed by atoms with Crippen LogP contribution in [0.5, 0.6) is 17.2 Å². The van der Waals surface area contributed by atoms with Gasteiger partial charge in [0.2, 0.25) is 11.8 Å². The molecule has 34 heavy (non-hydrogen) atoms. The molecule has 2 aromatic rings. The van der Waals surface area contributed by atoms with Gasteiger partial charge < -0.3 is 41.5 Å². The summed E-state index contributed by atoms with van der Waals surface area (Å²) in [6, 6.07) is 5.74. The molecule has 0 aromatic heterocycles. The minimum atomic E-state index is -2.36. The van der Waals surface area contributed by atoms with Gasteiger partial charge in [-0.05, 0) is 41.8 Å². The van der Waals surface area contributed by atoms with Crippen molar-refractivity contribution in [2.24, 2.45) is 5.73 Å². The molecule has 0 fully saturated rings. The van der Waals surface area contributed by atoms with E-state index in [2.05, 4.69) is 10.6 Å². The highest BCUT2D eigenvalue weighted by Gasteiger charge is 2.36. The molecule has 0 saturated carbocycles. The number of carbonyl (C=O) groups is 4. The zero-order valence-electron chi connectivity index (χ0n) is 17.7. The number of carboxylic acid groups (broad SMARTS) is 2. The summed E-state index contributed by atoms with van der Waals surface area (Å²) in [5.74, 6) is -5.26. The lowest BCUT2D eigenvalue weighted by Gasteiger charge is -2.25. The van der Waals surface area contributed by atoms with Crippen molar-refractivity contribution in [3.8, 4) is 17.2 Å². The third kappa shape index (κ3) is 5.79. The first kappa shape index (κ1) is 24.5. The van der Waals surface area contributed by atoms with E-state index in [1.165, 1.54) is 24.3 Å². The number of aliphatic carboxylic acids is 2.